The minimum atomic E-state index is -0.579. The number of ether oxygens (including phenoxy) is 1. The van der Waals surface area contributed by atoms with Crippen LogP contribution in [0.3, 0.4) is 0 Å². The minimum absolute atomic E-state index is 0.140. The van der Waals surface area contributed by atoms with E-state index in [0.717, 1.165) is 16.7 Å². The maximum atomic E-state index is 13.2. The van der Waals surface area contributed by atoms with E-state index in [1.54, 1.807) is 49.5 Å². The Morgan fingerprint density at radius 1 is 0.974 bits per heavy atom. The van der Waals surface area contributed by atoms with Crippen molar-refractivity contribution in [2.24, 2.45) is 10.7 Å². The summed E-state index contributed by atoms with van der Waals surface area (Å²) < 4.78 is 18.4. The SMILES string of the molecule is COc1cc(C(N)=O)ccc1NC(=N)/N=c1/ccc(-c2ccc(NC(=O)C(C)c3ccc(F)cc3)cc2)c[nH]1. The van der Waals surface area contributed by atoms with E-state index in [1.807, 2.05) is 18.2 Å². The van der Waals surface area contributed by atoms with Crippen LogP contribution >= 0.6 is 0 Å². The molecular weight excluding hydrogens is 499 g/mol. The number of carbonyl (C=O) groups is 2. The molecule has 4 rings (SSSR count). The molecule has 0 saturated carbocycles. The van der Waals surface area contributed by atoms with Gasteiger partial charge in [-0.3, -0.25) is 15.0 Å². The van der Waals surface area contributed by atoms with Gasteiger partial charge in [-0.1, -0.05) is 24.3 Å². The van der Waals surface area contributed by atoms with Crippen molar-refractivity contribution in [3.63, 3.8) is 0 Å². The smallest absolute Gasteiger partial charge is 0.248 e. The van der Waals surface area contributed by atoms with Crippen LogP contribution in [0, 0.1) is 11.2 Å². The average Bonchev–Trinajstić information content (AvgIpc) is 2.94. The number of nitrogens with zero attached hydrogens (tertiary/aromatic N) is 1. The fourth-order valence-corrected chi connectivity index (χ4v) is 3.79. The fourth-order valence-electron chi connectivity index (χ4n) is 3.79. The number of methoxy groups -OCH3 is 1. The van der Waals surface area contributed by atoms with E-state index in [1.165, 1.54) is 31.4 Å². The molecule has 1 unspecified atom stereocenters. The Morgan fingerprint density at radius 3 is 2.28 bits per heavy atom. The summed E-state index contributed by atoms with van der Waals surface area (Å²) in [6.07, 6.45) is 1.76. The van der Waals surface area contributed by atoms with Crippen LogP contribution in [0.4, 0.5) is 15.8 Å². The van der Waals surface area contributed by atoms with E-state index >= 15 is 0 Å². The number of nitrogens with one attached hydrogen (secondary N) is 4. The molecule has 39 heavy (non-hydrogen) atoms. The molecule has 0 fully saturated rings. The van der Waals surface area contributed by atoms with Gasteiger partial charge in [-0.25, -0.2) is 4.39 Å². The summed E-state index contributed by atoms with van der Waals surface area (Å²) >= 11 is 0. The van der Waals surface area contributed by atoms with Crippen LogP contribution in [-0.4, -0.2) is 29.9 Å². The first kappa shape index (κ1) is 26.8. The topological polar surface area (TPSA) is 145 Å². The molecule has 198 valence electrons. The van der Waals surface area contributed by atoms with Gasteiger partial charge in [0.15, 0.2) is 0 Å². The van der Waals surface area contributed by atoms with Crippen LogP contribution in [0.5, 0.6) is 5.75 Å². The number of nitrogens with two attached hydrogens (primary N) is 1. The van der Waals surface area contributed by atoms with Crippen molar-refractivity contribution in [2.45, 2.75) is 12.8 Å². The van der Waals surface area contributed by atoms with Gasteiger partial charge in [-0.2, -0.15) is 4.99 Å². The molecule has 0 aliphatic rings. The van der Waals surface area contributed by atoms with Crippen molar-refractivity contribution in [1.82, 2.24) is 4.98 Å². The van der Waals surface area contributed by atoms with Gasteiger partial charge in [0.25, 0.3) is 0 Å². The summed E-state index contributed by atoms with van der Waals surface area (Å²) in [4.78, 5) is 31.2. The number of rotatable bonds is 7. The maximum Gasteiger partial charge on any atom is 0.248 e. The summed E-state index contributed by atoms with van der Waals surface area (Å²) in [5.41, 5.74) is 9.68. The van der Waals surface area contributed by atoms with Gasteiger partial charge >= 0.3 is 0 Å². The van der Waals surface area contributed by atoms with Crippen molar-refractivity contribution >= 4 is 29.1 Å². The Labute approximate surface area is 224 Å². The average molecular weight is 527 g/mol. The van der Waals surface area contributed by atoms with Crippen LogP contribution < -0.4 is 26.6 Å². The predicted molar refractivity (Wildman–Crippen MR) is 148 cm³/mol. The third-order valence-corrected chi connectivity index (χ3v) is 6.02. The third kappa shape index (κ3) is 6.75. The number of hydrogen-bond acceptors (Lipinski definition) is 4. The third-order valence-electron chi connectivity index (χ3n) is 6.02. The molecule has 0 aliphatic carbocycles. The first-order valence-corrected chi connectivity index (χ1v) is 12.0. The van der Waals surface area contributed by atoms with E-state index in [2.05, 4.69) is 20.6 Å². The van der Waals surface area contributed by atoms with Gasteiger partial charge in [-0.15, -0.1) is 0 Å². The number of pyridine rings is 1. The van der Waals surface area contributed by atoms with Gasteiger partial charge < -0.3 is 26.1 Å². The van der Waals surface area contributed by atoms with Crippen molar-refractivity contribution < 1.29 is 18.7 Å². The number of benzene rings is 3. The molecule has 1 heterocycles. The molecule has 2 amide bonds. The Hall–Kier alpha value is -5.25. The molecule has 0 aliphatic heterocycles. The standard InChI is InChI=1S/C29H27FN6O3/c1-17(18-3-9-22(30)10-4-18)28(38)34-23-11-5-19(6-12-23)21-8-14-26(33-16-21)36-29(32)35-24-13-7-20(27(31)37)15-25(24)39-2/h3-17H,1-2H3,(H2,31,37)(H,34,38)(H3,32,33,35,36). The van der Waals surface area contributed by atoms with Gasteiger partial charge in [-0.05, 0) is 78.2 Å². The fraction of sp³-hybridized carbons (Fsp3) is 0.103. The Balaban J connectivity index is 1.40. The van der Waals surface area contributed by atoms with Crippen molar-refractivity contribution in [3.05, 3.63) is 107 Å². The highest BCUT2D eigenvalue weighted by atomic mass is 19.1. The van der Waals surface area contributed by atoms with E-state index in [9.17, 15) is 14.0 Å². The highest BCUT2D eigenvalue weighted by Crippen LogP contribution is 2.26. The Morgan fingerprint density at radius 2 is 1.67 bits per heavy atom. The highest BCUT2D eigenvalue weighted by Gasteiger charge is 2.15. The molecule has 0 bridgehead atoms. The number of aromatic amines is 1. The molecule has 1 atom stereocenters. The largest absolute Gasteiger partial charge is 0.495 e. The molecule has 1 aromatic heterocycles. The molecule has 0 spiro atoms. The molecule has 4 aromatic rings. The molecule has 6 N–H and O–H groups in total. The number of hydrogen-bond donors (Lipinski definition) is 5. The first-order chi connectivity index (χ1) is 18.7. The quantitative estimate of drug-likeness (QED) is 0.177. The molecule has 10 heteroatoms. The second kappa shape index (κ2) is 11.9. The summed E-state index contributed by atoms with van der Waals surface area (Å²) in [5, 5.41) is 13.9. The Bertz CT molecular complexity index is 1560. The minimum Gasteiger partial charge on any atom is -0.495 e. The predicted octanol–water partition coefficient (Wildman–Crippen LogP) is 4.62. The zero-order valence-electron chi connectivity index (χ0n) is 21.3. The lowest BCUT2D eigenvalue weighted by Crippen LogP contribution is -2.18. The van der Waals surface area contributed by atoms with E-state index in [4.69, 9.17) is 15.9 Å². The summed E-state index contributed by atoms with van der Waals surface area (Å²) in [6, 6.07) is 21.5. The van der Waals surface area contributed by atoms with Crippen molar-refractivity contribution in [1.29, 1.82) is 5.41 Å². The summed E-state index contributed by atoms with van der Waals surface area (Å²) in [6.45, 7) is 1.77. The van der Waals surface area contributed by atoms with E-state index in [0.29, 0.717) is 28.2 Å². The molecular formula is C29H27FN6O3. The second-order valence-electron chi connectivity index (χ2n) is 8.67. The number of primary amides is 1. The number of carbonyl (C=O) groups excluding carboxylic acids is 2. The lowest BCUT2D eigenvalue weighted by molar-refractivity contribution is -0.117. The number of H-pyrrole nitrogens is 1. The summed E-state index contributed by atoms with van der Waals surface area (Å²) in [7, 11) is 1.45. The molecule has 0 saturated heterocycles. The lowest BCUT2D eigenvalue weighted by Gasteiger charge is -2.13. The van der Waals surface area contributed by atoms with Gasteiger partial charge in [0.1, 0.15) is 17.1 Å². The van der Waals surface area contributed by atoms with Gasteiger partial charge in [0, 0.05) is 17.4 Å². The van der Waals surface area contributed by atoms with E-state index < -0.39 is 11.8 Å². The normalized spacial score (nSPS) is 11.9. The number of aromatic nitrogens is 1. The van der Waals surface area contributed by atoms with Crippen LogP contribution in [0.15, 0.2) is 90.1 Å². The number of guanidine groups is 1. The zero-order chi connectivity index (χ0) is 27.9. The first-order valence-electron chi connectivity index (χ1n) is 12.0. The van der Waals surface area contributed by atoms with Gasteiger partial charge in [0.2, 0.25) is 17.8 Å². The van der Waals surface area contributed by atoms with E-state index in [-0.39, 0.29) is 17.7 Å². The van der Waals surface area contributed by atoms with Crippen molar-refractivity contribution in [3.8, 4) is 16.9 Å². The van der Waals surface area contributed by atoms with Crippen LogP contribution in [0.2, 0.25) is 0 Å². The number of anilines is 2. The molecule has 0 radical (unpaired) electrons. The number of amides is 2. The van der Waals surface area contributed by atoms with Crippen molar-refractivity contribution in [2.75, 3.05) is 17.7 Å². The lowest BCUT2D eigenvalue weighted by atomic mass is 10.00. The Kier molecular flexibility index (Phi) is 8.15. The molecule has 3 aromatic carbocycles. The summed E-state index contributed by atoms with van der Waals surface area (Å²) in [5.74, 6) is -1.32. The monoisotopic (exact) mass is 526 g/mol. The zero-order valence-corrected chi connectivity index (χ0v) is 21.3. The molecule has 9 nitrogen and oxygen atoms in total. The van der Waals surface area contributed by atoms with Crippen LogP contribution in [-0.2, 0) is 4.79 Å². The number of halogens is 1. The second-order valence-corrected chi connectivity index (χ2v) is 8.67. The van der Waals surface area contributed by atoms with Gasteiger partial charge in [0.05, 0.1) is 18.7 Å². The maximum absolute atomic E-state index is 13.2. The van der Waals surface area contributed by atoms with Crippen LogP contribution in [0.1, 0.15) is 28.8 Å². The van der Waals surface area contributed by atoms with Crippen LogP contribution in [0.25, 0.3) is 11.1 Å². The highest BCUT2D eigenvalue weighted by molar-refractivity contribution is 5.97.